The van der Waals surface area contributed by atoms with Crippen LogP contribution in [0.15, 0.2) is 48.5 Å². The third kappa shape index (κ3) is 3.67. The molecular formula is C15H13NO3. The molecule has 2 aromatic carbocycles. The Hall–Kier alpha value is -2.62. The fourth-order valence-corrected chi connectivity index (χ4v) is 1.63. The van der Waals surface area contributed by atoms with E-state index in [1.54, 1.807) is 48.5 Å². The first-order valence-electron chi connectivity index (χ1n) is 5.78. The van der Waals surface area contributed by atoms with Gasteiger partial charge in [-0.05, 0) is 42.0 Å². The molecule has 0 unspecified atom stereocenters. The van der Waals surface area contributed by atoms with Crippen LogP contribution < -0.4 is 10.5 Å². The van der Waals surface area contributed by atoms with E-state index >= 15 is 0 Å². The van der Waals surface area contributed by atoms with Gasteiger partial charge in [0.05, 0.1) is 6.42 Å². The normalized spacial score (nSPS) is 9.89. The van der Waals surface area contributed by atoms with Crippen LogP contribution in [0.25, 0.3) is 0 Å². The van der Waals surface area contributed by atoms with E-state index in [0.29, 0.717) is 17.1 Å². The summed E-state index contributed by atoms with van der Waals surface area (Å²) >= 11 is 0. The third-order valence-electron chi connectivity index (χ3n) is 2.55. The standard InChI is InChI=1S/C15H13NO3/c16-15(18)9-11-1-5-13(6-2-11)19-14-7-3-12(10-17)4-8-14/h1-8,10H,9H2,(H2,16,18). The summed E-state index contributed by atoms with van der Waals surface area (Å²) in [4.78, 5) is 21.3. The minimum absolute atomic E-state index is 0.217. The number of carbonyl (C=O) groups excluding carboxylic acids is 2. The molecule has 0 aliphatic heterocycles. The predicted octanol–water partition coefficient (Wildman–Crippen LogP) is 2.32. The molecule has 0 bridgehead atoms. The molecule has 4 nitrogen and oxygen atoms in total. The Morgan fingerprint density at radius 2 is 1.53 bits per heavy atom. The number of carbonyl (C=O) groups is 2. The summed E-state index contributed by atoms with van der Waals surface area (Å²) < 4.78 is 5.61. The molecule has 2 rings (SSSR count). The Morgan fingerprint density at radius 3 is 2.00 bits per heavy atom. The topological polar surface area (TPSA) is 69.4 Å². The van der Waals surface area contributed by atoms with Gasteiger partial charge < -0.3 is 10.5 Å². The molecule has 19 heavy (non-hydrogen) atoms. The van der Waals surface area contributed by atoms with E-state index in [4.69, 9.17) is 10.5 Å². The summed E-state index contributed by atoms with van der Waals surface area (Å²) in [7, 11) is 0. The number of amides is 1. The lowest BCUT2D eigenvalue weighted by Crippen LogP contribution is -2.13. The number of rotatable bonds is 5. The van der Waals surface area contributed by atoms with Gasteiger partial charge in [-0.25, -0.2) is 0 Å². The van der Waals surface area contributed by atoms with E-state index in [9.17, 15) is 9.59 Å². The van der Waals surface area contributed by atoms with Crippen LogP contribution in [-0.2, 0) is 11.2 Å². The molecule has 0 saturated carbocycles. The van der Waals surface area contributed by atoms with Gasteiger partial charge >= 0.3 is 0 Å². The highest BCUT2D eigenvalue weighted by Gasteiger charge is 2.00. The molecule has 2 N–H and O–H groups in total. The number of hydrogen-bond donors (Lipinski definition) is 1. The highest BCUT2D eigenvalue weighted by molar-refractivity contribution is 5.76. The second kappa shape index (κ2) is 5.82. The van der Waals surface area contributed by atoms with Crippen molar-refractivity contribution in [3.8, 4) is 11.5 Å². The maximum absolute atomic E-state index is 10.8. The van der Waals surface area contributed by atoms with Gasteiger partial charge in [0.1, 0.15) is 17.8 Å². The fraction of sp³-hybridized carbons (Fsp3) is 0.0667. The van der Waals surface area contributed by atoms with Crippen molar-refractivity contribution in [2.75, 3.05) is 0 Å². The van der Waals surface area contributed by atoms with Crippen LogP contribution >= 0.6 is 0 Å². The Bertz CT molecular complexity index is 573. The zero-order chi connectivity index (χ0) is 13.7. The summed E-state index contributed by atoms with van der Waals surface area (Å²) in [5, 5.41) is 0. The van der Waals surface area contributed by atoms with Crippen LogP contribution in [0.3, 0.4) is 0 Å². The van der Waals surface area contributed by atoms with Gasteiger partial charge in [0.25, 0.3) is 0 Å². The lowest BCUT2D eigenvalue weighted by molar-refractivity contribution is -0.117. The second-order valence-corrected chi connectivity index (χ2v) is 4.08. The SMILES string of the molecule is NC(=O)Cc1ccc(Oc2ccc(C=O)cc2)cc1. The number of benzene rings is 2. The number of ether oxygens (including phenoxy) is 1. The number of hydrogen-bond acceptors (Lipinski definition) is 3. The molecule has 4 heteroatoms. The van der Waals surface area contributed by atoms with E-state index in [2.05, 4.69) is 0 Å². The van der Waals surface area contributed by atoms with Crippen molar-refractivity contribution in [3.63, 3.8) is 0 Å². The van der Waals surface area contributed by atoms with Crippen LogP contribution in [0, 0.1) is 0 Å². The van der Waals surface area contributed by atoms with Gasteiger partial charge in [-0.1, -0.05) is 12.1 Å². The zero-order valence-corrected chi connectivity index (χ0v) is 10.2. The lowest BCUT2D eigenvalue weighted by Gasteiger charge is -2.06. The van der Waals surface area contributed by atoms with Crippen LogP contribution in [0.5, 0.6) is 11.5 Å². The van der Waals surface area contributed by atoms with E-state index in [-0.39, 0.29) is 12.3 Å². The molecule has 0 aromatic heterocycles. The summed E-state index contributed by atoms with van der Waals surface area (Å²) in [6.07, 6.45) is 0.997. The van der Waals surface area contributed by atoms with Crippen molar-refractivity contribution < 1.29 is 14.3 Å². The first-order valence-corrected chi connectivity index (χ1v) is 5.78. The Balaban J connectivity index is 2.05. The summed E-state index contributed by atoms with van der Waals surface area (Å²) in [6, 6.07) is 13.9. The average Bonchev–Trinajstić information content (AvgIpc) is 2.41. The number of aldehydes is 1. The van der Waals surface area contributed by atoms with E-state index in [1.165, 1.54) is 0 Å². The third-order valence-corrected chi connectivity index (χ3v) is 2.55. The summed E-state index contributed by atoms with van der Waals surface area (Å²) in [6.45, 7) is 0. The fourth-order valence-electron chi connectivity index (χ4n) is 1.63. The molecule has 0 saturated heterocycles. The van der Waals surface area contributed by atoms with Crippen LogP contribution in [0.2, 0.25) is 0 Å². The molecule has 0 aliphatic carbocycles. The summed E-state index contributed by atoms with van der Waals surface area (Å²) in [5.41, 5.74) is 6.56. The number of primary amides is 1. The lowest BCUT2D eigenvalue weighted by atomic mass is 10.1. The van der Waals surface area contributed by atoms with Gasteiger partial charge in [-0.3, -0.25) is 9.59 Å². The molecule has 0 spiro atoms. The van der Waals surface area contributed by atoms with Gasteiger partial charge in [0.15, 0.2) is 0 Å². The van der Waals surface area contributed by atoms with Crippen molar-refractivity contribution in [2.45, 2.75) is 6.42 Å². The smallest absolute Gasteiger partial charge is 0.221 e. The predicted molar refractivity (Wildman–Crippen MR) is 71.2 cm³/mol. The molecule has 1 amide bonds. The van der Waals surface area contributed by atoms with E-state index in [0.717, 1.165) is 11.8 Å². The Kier molecular flexibility index (Phi) is 3.93. The minimum Gasteiger partial charge on any atom is -0.457 e. The highest BCUT2D eigenvalue weighted by atomic mass is 16.5. The largest absolute Gasteiger partial charge is 0.457 e. The van der Waals surface area contributed by atoms with Crippen LogP contribution in [0.1, 0.15) is 15.9 Å². The second-order valence-electron chi connectivity index (χ2n) is 4.08. The molecule has 0 heterocycles. The monoisotopic (exact) mass is 255 g/mol. The van der Waals surface area contributed by atoms with Gasteiger partial charge in [0.2, 0.25) is 5.91 Å². The van der Waals surface area contributed by atoms with Crippen LogP contribution in [-0.4, -0.2) is 12.2 Å². The molecule has 0 radical (unpaired) electrons. The minimum atomic E-state index is -0.363. The highest BCUT2D eigenvalue weighted by Crippen LogP contribution is 2.21. The van der Waals surface area contributed by atoms with Crippen molar-refractivity contribution in [2.24, 2.45) is 5.73 Å². The number of nitrogens with two attached hydrogens (primary N) is 1. The maximum atomic E-state index is 10.8. The molecule has 2 aromatic rings. The van der Waals surface area contributed by atoms with Crippen molar-refractivity contribution in [1.82, 2.24) is 0 Å². The first kappa shape index (κ1) is 12.8. The van der Waals surface area contributed by atoms with Gasteiger partial charge in [-0.2, -0.15) is 0 Å². The van der Waals surface area contributed by atoms with E-state index < -0.39 is 0 Å². The molecule has 0 atom stereocenters. The summed E-state index contributed by atoms with van der Waals surface area (Å²) in [5.74, 6) is 0.943. The van der Waals surface area contributed by atoms with Crippen molar-refractivity contribution in [3.05, 3.63) is 59.7 Å². The van der Waals surface area contributed by atoms with Gasteiger partial charge in [0, 0.05) is 5.56 Å². The van der Waals surface area contributed by atoms with Gasteiger partial charge in [-0.15, -0.1) is 0 Å². The quantitative estimate of drug-likeness (QED) is 0.833. The zero-order valence-electron chi connectivity index (χ0n) is 10.2. The Morgan fingerprint density at radius 1 is 1.00 bits per heavy atom. The molecule has 96 valence electrons. The van der Waals surface area contributed by atoms with Crippen molar-refractivity contribution >= 4 is 12.2 Å². The van der Waals surface area contributed by atoms with E-state index in [1.807, 2.05) is 0 Å². The molecule has 0 aliphatic rings. The molecular weight excluding hydrogens is 242 g/mol. The van der Waals surface area contributed by atoms with Crippen molar-refractivity contribution in [1.29, 1.82) is 0 Å². The van der Waals surface area contributed by atoms with Crippen LogP contribution in [0.4, 0.5) is 0 Å². The Labute approximate surface area is 110 Å². The maximum Gasteiger partial charge on any atom is 0.221 e. The molecule has 0 fully saturated rings. The average molecular weight is 255 g/mol. The first-order chi connectivity index (χ1) is 9.17.